The van der Waals surface area contributed by atoms with E-state index in [1.165, 1.54) is 0 Å². The van der Waals surface area contributed by atoms with Crippen molar-refractivity contribution in [1.82, 2.24) is 0 Å². The summed E-state index contributed by atoms with van der Waals surface area (Å²) in [5.74, 6) is 1.37. The first-order valence-corrected chi connectivity index (χ1v) is 20.9. The topological polar surface area (TPSA) is 38.8 Å². The van der Waals surface area contributed by atoms with Gasteiger partial charge in [0.1, 0.15) is 11.5 Å². The van der Waals surface area contributed by atoms with Crippen LogP contribution in [0.1, 0.15) is 39.4 Å². The molecule has 0 amide bonds. The van der Waals surface area contributed by atoms with Gasteiger partial charge in [0.15, 0.2) is 7.14 Å². The summed E-state index contributed by atoms with van der Waals surface area (Å²) in [7, 11) is 0.0898. The Labute approximate surface area is 328 Å². The maximum atomic E-state index is 16.8. The first-order valence-electron chi connectivity index (χ1n) is 19.1. The van der Waals surface area contributed by atoms with Crippen molar-refractivity contribution in [3.05, 3.63) is 222 Å². The Morgan fingerprint density at radius 2 is 1.00 bits per heavy atom. The highest BCUT2D eigenvalue weighted by molar-refractivity contribution is 7.79. The fourth-order valence-electron chi connectivity index (χ4n) is 9.70. The first-order chi connectivity index (χ1) is 27.5. The maximum absolute atomic E-state index is 16.8. The Kier molecular flexibility index (Phi) is 8.20. The zero-order valence-corrected chi connectivity index (χ0v) is 32.1. The number of methoxy groups -OCH3 is 2. The summed E-state index contributed by atoms with van der Waals surface area (Å²) in [5, 5.41) is 4.07. The van der Waals surface area contributed by atoms with Gasteiger partial charge < -0.3 is 18.9 Å². The molecular formula is C51H40NO3P. The van der Waals surface area contributed by atoms with E-state index in [9.17, 15) is 0 Å². The lowest BCUT2D eigenvalue weighted by Crippen LogP contribution is -2.34. The molecule has 8 aromatic rings. The second kappa shape index (κ2) is 13.4. The number of nitrogens with zero attached hydrogens (tertiary/aromatic N) is 1. The van der Waals surface area contributed by atoms with Gasteiger partial charge >= 0.3 is 0 Å². The number of benzene rings is 8. The monoisotopic (exact) mass is 745 g/mol. The van der Waals surface area contributed by atoms with E-state index in [0.29, 0.717) is 0 Å². The molecule has 0 saturated heterocycles. The van der Waals surface area contributed by atoms with E-state index in [1.54, 1.807) is 14.2 Å². The predicted molar refractivity (Wildman–Crippen MR) is 230 cm³/mol. The van der Waals surface area contributed by atoms with Crippen LogP contribution in [-0.2, 0) is 9.98 Å². The second-order valence-corrected chi connectivity index (χ2v) is 17.6. The number of hydrogen-bond donors (Lipinski definition) is 0. The number of fused-ring (bicyclic) bond motifs is 6. The van der Waals surface area contributed by atoms with Gasteiger partial charge in [0.05, 0.1) is 25.3 Å². The van der Waals surface area contributed by atoms with Crippen molar-refractivity contribution < 1.29 is 14.0 Å². The number of para-hydroxylation sites is 2. The van der Waals surface area contributed by atoms with Crippen LogP contribution < -0.4 is 25.0 Å². The highest BCUT2D eigenvalue weighted by Crippen LogP contribution is 2.78. The van der Waals surface area contributed by atoms with E-state index in [2.05, 4.69) is 181 Å². The van der Waals surface area contributed by atoms with E-state index in [1.807, 2.05) is 18.2 Å². The number of hydrogen-bond acceptors (Lipinski definition) is 4. The third-order valence-electron chi connectivity index (χ3n) is 12.1. The molecule has 0 fully saturated rings. The molecule has 0 radical (unpaired) electrons. The van der Waals surface area contributed by atoms with E-state index < -0.39 is 12.6 Å². The molecule has 0 N–H and O–H groups in total. The van der Waals surface area contributed by atoms with Crippen LogP contribution in [0.2, 0.25) is 0 Å². The van der Waals surface area contributed by atoms with Gasteiger partial charge in [-0.2, -0.15) is 0 Å². The van der Waals surface area contributed by atoms with Crippen molar-refractivity contribution in [1.29, 1.82) is 0 Å². The summed E-state index contributed by atoms with van der Waals surface area (Å²) in [6, 6.07) is 68.3. The van der Waals surface area contributed by atoms with Gasteiger partial charge in [-0.3, -0.25) is 0 Å². The minimum atomic E-state index is -3.32. The van der Waals surface area contributed by atoms with Gasteiger partial charge in [-0.1, -0.05) is 127 Å². The molecule has 0 bridgehead atoms. The lowest BCUT2D eigenvalue weighted by molar-refractivity contribution is 0.413. The van der Waals surface area contributed by atoms with Crippen LogP contribution in [0, 0.1) is 0 Å². The third-order valence-corrected chi connectivity index (χ3v) is 15.6. The molecule has 10 rings (SSSR count). The van der Waals surface area contributed by atoms with Gasteiger partial charge in [-0.25, -0.2) is 0 Å². The molecule has 0 spiro atoms. The Hall–Kier alpha value is -6.35. The SMILES string of the molecule is COc1ccc(C2(c3ccc(OC)cc3)c3cc(N(c4ccccc4)c4ccccc4)ccc3C3C2c2cc4ccccc4cc2P3(=O)c2ccccc2)cc1. The van der Waals surface area contributed by atoms with Crippen LogP contribution in [0.5, 0.6) is 11.5 Å². The molecule has 3 atom stereocenters. The Morgan fingerprint density at radius 3 is 1.54 bits per heavy atom. The molecule has 3 unspecified atom stereocenters. The highest BCUT2D eigenvalue weighted by atomic mass is 31.2. The molecule has 0 saturated carbocycles. The lowest BCUT2D eigenvalue weighted by atomic mass is 9.63. The van der Waals surface area contributed by atoms with E-state index >= 15 is 4.57 Å². The molecule has 272 valence electrons. The number of anilines is 3. The standard InChI is InChI=1S/C51H40NO3P/c1-54-42-27-22-37(23-28-42)51(38-24-29-43(55-2)30-25-38)47-34-41(52(39-16-6-3-7-17-39)40-18-8-4-9-19-40)26-31-45(47)50-49(51)46-32-35-14-12-13-15-36(35)33-48(46)56(50,53)44-20-10-5-11-21-44/h3-34,49-50H,1-2H3. The van der Waals surface area contributed by atoms with Crippen LogP contribution >= 0.6 is 7.14 Å². The minimum absolute atomic E-state index is 0.206. The van der Waals surface area contributed by atoms with Gasteiger partial charge in [0.25, 0.3) is 0 Å². The average Bonchev–Trinajstić information content (AvgIpc) is 3.72. The summed E-state index contributed by atoms with van der Waals surface area (Å²) in [4.78, 5) is 2.32. The van der Waals surface area contributed by atoms with Gasteiger partial charge in [-0.15, -0.1) is 0 Å². The van der Waals surface area contributed by atoms with Crippen LogP contribution in [0.25, 0.3) is 10.8 Å². The fourth-order valence-corrected chi connectivity index (χ4v) is 13.6. The molecule has 5 heteroatoms. The fraction of sp³-hybridized carbons (Fsp3) is 0.0980. The quantitative estimate of drug-likeness (QED) is 0.145. The molecule has 8 aromatic carbocycles. The first kappa shape index (κ1) is 34.2. The zero-order chi connectivity index (χ0) is 37.9. The molecule has 0 aromatic heterocycles. The van der Waals surface area contributed by atoms with Crippen LogP contribution in [-0.4, -0.2) is 14.2 Å². The van der Waals surface area contributed by atoms with Crippen molar-refractivity contribution in [2.45, 2.75) is 17.0 Å². The van der Waals surface area contributed by atoms with Crippen LogP contribution in [0.3, 0.4) is 0 Å². The van der Waals surface area contributed by atoms with Gasteiger partial charge in [0, 0.05) is 33.6 Å². The molecular weight excluding hydrogens is 706 g/mol. The molecule has 56 heavy (non-hydrogen) atoms. The van der Waals surface area contributed by atoms with Crippen LogP contribution in [0.15, 0.2) is 194 Å². The number of ether oxygens (including phenoxy) is 2. The molecule has 4 nitrogen and oxygen atoms in total. The second-order valence-electron chi connectivity index (χ2n) is 14.7. The Bertz CT molecular complexity index is 2660. The smallest absolute Gasteiger partial charge is 0.151 e. The van der Waals surface area contributed by atoms with E-state index in [-0.39, 0.29) is 11.6 Å². The zero-order valence-electron chi connectivity index (χ0n) is 31.2. The summed E-state index contributed by atoms with van der Waals surface area (Å²) in [6.45, 7) is 0. The van der Waals surface area contributed by atoms with Crippen molar-refractivity contribution >= 4 is 45.6 Å². The molecule has 1 aliphatic carbocycles. The van der Waals surface area contributed by atoms with Crippen LogP contribution in [0.4, 0.5) is 17.1 Å². The number of rotatable bonds is 8. The van der Waals surface area contributed by atoms with E-state index in [0.717, 1.165) is 77.8 Å². The van der Waals surface area contributed by atoms with Crippen molar-refractivity contribution in [3.8, 4) is 11.5 Å². The maximum Gasteiger partial charge on any atom is 0.151 e. The summed E-state index contributed by atoms with van der Waals surface area (Å²) in [6.07, 6.45) is 0. The predicted octanol–water partition coefficient (Wildman–Crippen LogP) is 11.8. The molecule has 1 aliphatic heterocycles. The van der Waals surface area contributed by atoms with Crippen molar-refractivity contribution in [3.63, 3.8) is 0 Å². The lowest BCUT2D eigenvalue weighted by Gasteiger charge is -2.39. The summed E-state index contributed by atoms with van der Waals surface area (Å²) < 4.78 is 28.3. The highest BCUT2D eigenvalue weighted by Gasteiger charge is 2.65. The van der Waals surface area contributed by atoms with E-state index in [4.69, 9.17) is 9.47 Å². The Balaban J connectivity index is 1.35. The average molecular weight is 746 g/mol. The van der Waals surface area contributed by atoms with Crippen molar-refractivity contribution in [2.75, 3.05) is 19.1 Å². The Morgan fingerprint density at radius 1 is 0.500 bits per heavy atom. The van der Waals surface area contributed by atoms with Gasteiger partial charge in [0.2, 0.25) is 0 Å². The summed E-state index contributed by atoms with van der Waals surface area (Å²) >= 11 is 0. The molecule has 2 aliphatic rings. The third kappa shape index (κ3) is 5.03. The van der Waals surface area contributed by atoms with Crippen molar-refractivity contribution in [2.24, 2.45) is 0 Å². The normalized spacial score (nSPS) is 18.8. The minimum Gasteiger partial charge on any atom is -0.497 e. The summed E-state index contributed by atoms with van der Waals surface area (Å²) in [5.41, 5.74) is 7.67. The largest absolute Gasteiger partial charge is 0.497 e. The molecule has 1 heterocycles. The van der Waals surface area contributed by atoms with Gasteiger partial charge in [-0.05, 0) is 105 Å².